The maximum Gasteiger partial charge on any atom is 0.335 e. The van der Waals surface area contributed by atoms with Gasteiger partial charge in [0.1, 0.15) is 24.7 Å². The van der Waals surface area contributed by atoms with Crippen LogP contribution in [0.3, 0.4) is 0 Å². The number of hydrogen-bond donors (Lipinski definition) is 5. The van der Waals surface area contributed by atoms with Crippen molar-refractivity contribution in [2.45, 2.75) is 37.4 Å². The third kappa shape index (κ3) is 17.0. The third-order valence-electron chi connectivity index (χ3n) is 19.7. The minimum Gasteiger partial charge on any atom is -0.491 e. The molecule has 14 heterocycles. The molecule has 3 unspecified atom stereocenters. The third-order valence-corrected chi connectivity index (χ3v) is 19.7. The van der Waals surface area contributed by atoms with Gasteiger partial charge in [0.25, 0.3) is 5.91 Å². The molecule has 10 N–H and O–H groups in total. The summed E-state index contributed by atoms with van der Waals surface area (Å²) in [6.45, 7) is 7.20. The number of nitrogens with zero attached hydrogens (tertiary/aromatic N) is 21. The molecule has 119 heavy (non-hydrogen) atoms. The number of methoxy groups -OCH3 is 3. The van der Waals surface area contributed by atoms with Gasteiger partial charge in [-0.2, -0.15) is 43.8 Å². The van der Waals surface area contributed by atoms with E-state index in [2.05, 4.69) is 77.3 Å². The summed E-state index contributed by atoms with van der Waals surface area (Å²) in [7, 11) is 4.67. The van der Waals surface area contributed by atoms with Crippen molar-refractivity contribution >= 4 is 97.1 Å². The first-order chi connectivity index (χ1) is 57.7. The number of carboxylic acid groups (broad SMARTS) is 1. The van der Waals surface area contributed by atoms with E-state index >= 15 is 0 Å². The summed E-state index contributed by atoms with van der Waals surface area (Å²) < 4.78 is 51.2. The molecule has 37 nitrogen and oxygen atoms in total. The smallest absolute Gasteiger partial charge is 0.335 e. The quantitative estimate of drug-likeness (QED) is 0.0311. The summed E-state index contributed by atoms with van der Waals surface area (Å²) in [6, 6.07) is 52.1. The number of aromatic nitrogens is 18. The molecule has 2 fully saturated rings. The highest BCUT2D eigenvalue weighted by Crippen LogP contribution is 2.33. The number of amides is 1. The Balaban J connectivity index is 0.000000130. The van der Waals surface area contributed by atoms with Gasteiger partial charge in [-0.15, -0.1) is 15.3 Å². The topological polar surface area (TPSA) is 462 Å². The molecular formula is C82H83N25O12. The Morgan fingerprint density at radius 3 is 1.13 bits per heavy atom. The number of carbonyl (C=O) groups excluding carboxylic acids is 2. The Morgan fingerprint density at radius 2 is 0.773 bits per heavy atom. The van der Waals surface area contributed by atoms with Crippen molar-refractivity contribution in [3.05, 3.63) is 230 Å². The molecule has 19 rings (SSSR count). The lowest BCUT2D eigenvalue weighted by Gasteiger charge is -2.37. The second kappa shape index (κ2) is 35.7. The van der Waals surface area contributed by atoms with Crippen LogP contribution in [0.1, 0.15) is 54.1 Å². The molecule has 2 aliphatic heterocycles. The first kappa shape index (κ1) is 79.1. The number of piperazine rings is 1. The SMILES string of the molecule is COC(=O)C(c1ccccc1)n1cc2c(nc(N)n3nc(-c4ccco4)nc23)n1.COCCOc1ccc(N2CCCCC2)cc1.COCCOc1ccc(N2CCN(C(=O)C(c3ccccc3)n3cc4c(nc(N)n5nc(-c6ccco6)nc45)n3)CC2)cc1.N.Nc1nc2nn(C(C(=O)O)c3ccccc3)cc2c2nc(-c3ccco3)nn12. The van der Waals surface area contributed by atoms with Crippen LogP contribution in [0.15, 0.2) is 227 Å². The van der Waals surface area contributed by atoms with Gasteiger partial charge >= 0.3 is 11.9 Å². The van der Waals surface area contributed by atoms with Crippen LogP contribution in [-0.4, -0.2) is 203 Å². The summed E-state index contributed by atoms with van der Waals surface area (Å²) >= 11 is 0. The number of nitrogen functional groups attached to an aromatic ring is 3. The molecule has 0 aliphatic carbocycles. The number of piperidine rings is 1. The lowest BCUT2D eigenvalue weighted by Crippen LogP contribution is -2.50. The second-order valence-electron chi connectivity index (χ2n) is 27.2. The number of anilines is 5. The van der Waals surface area contributed by atoms with Crippen LogP contribution >= 0.6 is 0 Å². The zero-order chi connectivity index (χ0) is 81.2. The van der Waals surface area contributed by atoms with Gasteiger partial charge < -0.3 is 80.1 Å². The summed E-state index contributed by atoms with van der Waals surface area (Å²) in [6.07, 6.45) is 13.7. The van der Waals surface area contributed by atoms with E-state index in [-0.39, 0.29) is 35.5 Å². The fourth-order valence-electron chi connectivity index (χ4n) is 13.9. The zero-order valence-corrected chi connectivity index (χ0v) is 64.9. The molecule has 0 spiro atoms. The van der Waals surface area contributed by atoms with E-state index in [9.17, 15) is 19.5 Å². The van der Waals surface area contributed by atoms with Crippen molar-refractivity contribution in [2.24, 2.45) is 0 Å². The van der Waals surface area contributed by atoms with Crippen molar-refractivity contribution in [1.82, 2.24) is 99.1 Å². The number of rotatable bonds is 22. The maximum absolute atomic E-state index is 14.2. The van der Waals surface area contributed by atoms with Crippen LogP contribution in [-0.2, 0) is 28.6 Å². The molecule has 608 valence electrons. The average molecular weight is 1610 g/mol. The van der Waals surface area contributed by atoms with Crippen LogP contribution in [0.25, 0.3) is 84.8 Å². The van der Waals surface area contributed by atoms with Crippen LogP contribution < -0.4 is 42.6 Å². The summed E-state index contributed by atoms with van der Waals surface area (Å²) in [4.78, 5) is 71.9. The number of carboxylic acids is 1. The molecule has 0 radical (unpaired) electrons. The first-order valence-corrected chi connectivity index (χ1v) is 37.8. The number of nitrogens with two attached hydrogens (primary N) is 3. The molecule has 5 aromatic carbocycles. The van der Waals surface area contributed by atoms with E-state index in [1.54, 1.807) is 104 Å². The molecule has 12 aromatic heterocycles. The molecule has 37 heteroatoms. The highest BCUT2D eigenvalue weighted by Gasteiger charge is 2.34. The average Bonchev–Trinajstić information content (AvgIpc) is 1.60. The standard InChI is InChI=1S/C31H31N9O4.C19H15N7O3.C18H13N7O3.C14H21NO2.H3N/c1-42-18-19-43-23-11-9-22(10-12-23)37-13-15-38(16-14-37)30(41)26(21-6-3-2-4-7-21)39-20-24-27(35-39)34-31(32)40-29(24)33-28(36-40)25-8-5-17-44-25;1-28-18(27)14(11-6-3-2-4-7-11)25-10-12-15(23-25)22-19(20)26-17(12)21-16(24-26)13-8-5-9-29-13;19-18-21-14-11(16-20-15(23-25(16)18)12-7-4-8-28-12)9-24(22-14)13(17(26)27)10-5-2-1-3-6-10;1-16-11-12-17-14-7-5-13(6-8-14)15-9-3-2-4-10-15;/h2-12,17,20,26H,13-16,18-19H2,1H3,(H2,32,34,35);2-10,14H,1H3,(H2,20,22,23);1-9,13H,(H,26,27)(H2,19,21,22);5-8H,2-4,9-12H2,1H3;1H3. The number of furan rings is 3. The van der Waals surface area contributed by atoms with E-state index in [0.29, 0.717) is 137 Å². The van der Waals surface area contributed by atoms with Crippen molar-refractivity contribution in [3.63, 3.8) is 0 Å². The van der Waals surface area contributed by atoms with Gasteiger partial charge in [0.2, 0.25) is 35.3 Å². The van der Waals surface area contributed by atoms with Crippen molar-refractivity contribution in [3.8, 4) is 46.3 Å². The number of benzene rings is 5. The Bertz CT molecular complexity index is 6240. The maximum atomic E-state index is 14.2. The van der Waals surface area contributed by atoms with Crippen molar-refractivity contribution in [2.75, 3.05) is 114 Å². The number of aliphatic carboxylic acids is 1. The number of fused-ring (bicyclic) bond motifs is 9. The first-order valence-electron chi connectivity index (χ1n) is 37.8. The number of ether oxygens (including phenoxy) is 5. The minimum absolute atomic E-state index is 0. The van der Waals surface area contributed by atoms with Crippen molar-refractivity contribution < 1.29 is 56.4 Å². The number of carbonyl (C=O) groups is 3. The molecule has 0 bridgehead atoms. The molecular weight excluding hydrogens is 1530 g/mol. The fourth-order valence-corrected chi connectivity index (χ4v) is 13.9. The van der Waals surface area contributed by atoms with Crippen molar-refractivity contribution in [1.29, 1.82) is 0 Å². The van der Waals surface area contributed by atoms with Gasteiger partial charge in [-0.1, -0.05) is 91.0 Å². The fraction of sp³-hybridized carbons (Fsp3) is 0.232. The lowest BCUT2D eigenvalue weighted by molar-refractivity contribution is -0.143. The summed E-state index contributed by atoms with van der Waals surface area (Å²) in [5.74, 6) is 3.12. The molecule has 1 amide bonds. The van der Waals surface area contributed by atoms with Crippen LogP contribution in [0.5, 0.6) is 11.5 Å². The van der Waals surface area contributed by atoms with E-state index in [4.69, 9.17) is 59.2 Å². The Morgan fingerprint density at radius 1 is 0.412 bits per heavy atom. The highest BCUT2D eigenvalue weighted by atomic mass is 16.5. The van der Waals surface area contributed by atoms with Gasteiger partial charge in [-0.05, 0) is 121 Å². The molecule has 2 saturated heterocycles. The molecule has 17 aromatic rings. The van der Waals surface area contributed by atoms with Crippen LogP contribution in [0.4, 0.5) is 29.2 Å². The van der Waals surface area contributed by atoms with E-state index in [0.717, 1.165) is 28.3 Å². The van der Waals surface area contributed by atoms with Crippen LogP contribution in [0.2, 0.25) is 0 Å². The highest BCUT2D eigenvalue weighted by molar-refractivity contribution is 5.93. The second-order valence-corrected chi connectivity index (χ2v) is 27.2. The Hall–Kier alpha value is -15.1. The van der Waals surface area contributed by atoms with E-state index in [1.165, 1.54) is 80.6 Å². The molecule has 2 aliphatic rings. The predicted molar refractivity (Wildman–Crippen MR) is 439 cm³/mol. The van der Waals surface area contributed by atoms with Gasteiger partial charge in [-0.3, -0.25) is 18.8 Å². The lowest BCUT2D eigenvalue weighted by atomic mass is 10.1. The van der Waals surface area contributed by atoms with Gasteiger partial charge in [0.05, 0.1) is 55.3 Å². The Kier molecular flexibility index (Phi) is 23.8. The van der Waals surface area contributed by atoms with E-state index < -0.39 is 30.1 Å². The largest absolute Gasteiger partial charge is 0.491 e. The van der Waals surface area contributed by atoms with Gasteiger partial charge in [0, 0.05) is 83.5 Å². The molecule has 3 atom stereocenters. The predicted octanol–water partition coefficient (Wildman–Crippen LogP) is 10.2. The monoisotopic (exact) mass is 1610 g/mol. The summed E-state index contributed by atoms with van der Waals surface area (Å²) in [5, 5.41) is 38.2. The molecule has 0 saturated carbocycles. The van der Waals surface area contributed by atoms with Crippen LogP contribution in [0, 0.1) is 0 Å². The van der Waals surface area contributed by atoms with E-state index in [1.807, 2.05) is 108 Å². The number of esters is 1. The van der Waals surface area contributed by atoms with Gasteiger partial charge in [-0.25, -0.2) is 24.5 Å². The minimum atomic E-state index is -1.04. The van der Waals surface area contributed by atoms with Gasteiger partial charge in [0.15, 0.2) is 69.3 Å². The number of hydrogen-bond acceptors (Lipinski definition) is 29. The zero-order valence-electron chi connectivity index (χ0n) is 64.9. The normalized spacial score (nSPS) is 13.6. The Labute approximate surface area is 677 Å². The summed E-state index contributed by atoms with van der Waals surface area (Å²) in [5.41, 5.74) is 25.2.